The summed E-state index contributed by atoms with van der Waals surface area (Å²) >= 11 is 0. The fraction of sp³-hybridized carbons (Fsp3) is 0.556. The highest BCUT2D eigenvalue weighted by molar-refractivity contribution is 5.93. The van der Waals surface area contributed by atoms with Gasteiger partial charge < -0.3 is 10.1 Å². The summed E-state index contributed by atoms with van der Waals surface area (Å²) in [5.74, 6) is 0.962. The Morgan fingerprint density at radius 1 is 1.32 bits per heavy atom. The molecule has 0 radical (unpaired) electrons. The largest absolute Gasteiger partial charge is 0.456 e. The van der Waals surface area contributed by atoms with E-state index in [1.54, 1.807) is 13.0 Å². The van der Waals surface area contributed by atoms with Crippen molar-refractivity contribution in [1.29, 1.82) is 0 Å². The van der Waals surface area contributed by atoms with E-state index < -0.39 is 10.8 Å². The number of rotatable bonds is 6. The number of amides is 1. The first-order valence-electron chi connectivity index (χ1n) is 8.63. The van der Waals surface area contributed by atoms with Crippen LogP contribution in [0, 0.1) is 34.8 Å². The second kappa shape index (κ2) is 7.21. The molecule has 0 saturated heterocycles. The highest BCUT2D eigenvalue weighted by Crippen LogP contribution is 2.49. The van der Waals surface area contributed by atoms with Crippen molar-refractivity contribution in [3.8, 4) is 0 Å². The summed E-state index contributed by atoms with van der Waals surface area (Å²) in [6, 6.07) is 4.24. The van der Waals surface area contributed by atoms with Crippen molar-refractivity contribution in [2.24, 2.45) is 17.8 Å². The lowest BCUT2D eigenvalue weighted by Gasteiger charge is -2.20. The van der Waals surface area contributed by atoms with E-state index in [1.165, 1.54) is 31.4 Å². The first-order chi connectivity index (χ1) is 11.9. The van der Waals surface area contributed by atoms with Gasteiger partial charge in [0.25, 0.3) is 11.6 Å². The third-order valence-corrected chi connectivity index (χ3v) is 5.38. The SMILES string of the molecule is Cc1ccc([N+](=O)[O-])cc1NC(=O)COC(=O)C[C@@H]1C[C@@H]2CC[C@@H]1C2. The number of hydrogen-bond donors (Lipinski definition) is 1. The molecule has 0 unspecified atom stereocenters. The maximum atomic E-state index is 12.0. The lowest BCUT2D eigenvalue weighted by Crippen LogP contribution is -2.23. The molecule has 2 fully saturated rings. The second-order valence-corrected chi connectivity index (χ2v) is 7.10. The molecule has 134 valence electrons. The number of ether oxygens (including phenoxy) is 1. The summed E-state index contributed by atoms with van der Waals surface area (Å²) in [5, 5.41) is 13.4. The molecule has 2 saturated carbocycles. The van der Waals surface area contributed by atoms with Gasteiger partial charge in [-0.3, -0.25) is 19.7 Å². The number of anilines is 1. The van der Waals surface area contributed by atoms with Crippen LogP contribution in [0.5, 0.6) is 0 Å². The third kappa shape index (κ3) is 4.15. The van der Waals surface area contributed by atoms with Crippen molar-refractivity contribution in [3.05, 3.63) is 33.9 Å². The van der Waals surface area contributed by atoms with Crippen molar-refractivity contribution >= 4 is 23.3 Å². The quantitative estimate of drug-likeness (QED) is 0.484. The topological polar surface area (TPSA) is 98.5 Å². The molecule has 0 aliphatic heterocycles. The molecule has 1 amide bonds. The standard InChI is InChI=1S/C18H22N2O5/c1-11-2-5-15(20(23)24)9-16(11)19-17(21)10-25-18(22)8-14-7-12-3-4-13(14)6-12/h2,5,9,12-14H,3-4,6-8,10H2,1H3,(H,19,21)/t12-,13-,14+/m1/s1. The average Bonchev–Trinajstić information content (AvgIpc) is 3.17. The maximum absolute atomic E-state index is 12.0. The fourth-order valence-corrected chi connectivity index (χ4v) is 4.09. The van der Waals surface area contributed by atoms with Gasteiger partial charge in [0.1, 0.15) is 0 Å². The molecule has 2 aliphatic carbocycles. The predicted octanol–water partition coefficient (Wildman–Crippen LogP) is 3.21. The van der Waals surface area contributed by atoms with Crippen LogP contribution in [0.25, 0.3) is 0 Å². The van der Waals surface area contributed by atoms with Gasteiger partial charge in [0.2, 0.25) is 0 Å². The molecule has 7 heteroatoms. The van der Waals surface area contributed by atoms with Gasteiger partial charge >= 0.3 is 5.97 Å². The second-order valence-electron chi connectivity index (χ2n) is 7.10. The monoisotopic (exact) mass is 346 g/mol. The van der Waals surface area contributed by atoms with Crippen molar-refractivity contribution in [1.82, 2.24) is 0 Å². The predicted molar refractivity (Wildman–Crippen MR) is 91.0 cm³/mol. The summed E-state index contributed by atoms with van der Waals surface area (Å²) in [7, 11) is 0. The Bertz CT molecular complexity index is 703. The lowest BCUT2D eigenvalue weighted by molar-refractivity contribution is -0.384. The van der Waals surface area contributed by atoms with E-state index in [0.29, 0.717) is 29.5 Å². The zero-order chi connectivity index (χ0) is 18.0. The minimum Gasteiger partial charge on any atom is -0.456 e. The number of carbonyl (C=O) groups is 2. The number of non-ortho nitro benzene ring substituents is 1. The Labute approximate surface area is 145 Å². The van der Waals surface area contributed by atoms with E-state index in [0.717, 1.165) is 12.3 Å². The number of nitrogens with zero attached hydrogens (tertiary/aromatic N) is 1. The van der Waals surface area contributed by atoms with Crippen LogP contribution in [0.15, 0.2) is 18.2 Å². The van der Waals surface area contributed by atoms with Crippen molar-refractivity contribution < 1.29 is 19.2 Å². The van der Waals surface area contributed by atoms with Gasteiger partial charge in [-0.1, -0.05) is 12.5 Å². The minimum atomic E-state index is -0.523. The molecule has 1 aromatic rings. The van der Waals surface area contributed by atoms with Crippen molar-refractivity contribution in [2.45, 2.75) is 39.0 Å². The van der Waals surface area contributed by atoms with Crippen molar-refractivity contribution in [2.75, 3.05) is 11.9 Å². The Hall–Kier alpha value is -2.44. The molecule has 1 N–H and O–H groups in total. The summed E-state index contributed by atoms with van der Waals surface area (Å²) in [6.45, 7) is 1.36. The molecular weight excluding hydrogens is 324 g/mol. The van der Waals surface area contributed by atoms with Gasteiger partial charge in [-0.25, -0.2) is 0 Å². The number of nitro groups is 1. The molecule has 2 aliphatic rings. The number of esters is 1. The third-order valence-electron chi connectivity index (χ3n) is 5.38. The molecule has 3 rings (SSSR count). The average molecular weight is 346 g/mol. The summed E-state index contributed by atoms with van der Waals surface area (Å²) in [5.41, 5.74) is 0.949. The van der Waals surface area contributed by atoms with Crippen LogP contribution in [-0.2, 0) is 14.3 Å². The van der Waals surface area contributed by atoms with E-state index in [2.05, 4.69) is 5.32 Å². The van der Waals surface area contributed by atoms with Gasteiger partial charge in [-0.05, 0) is 49.5 Å². The van der Waals surface area contributed by atoms with Crippen LogP contribution in [-0.4, -0.2) is 23.4 Å². The van der Waals surface area contributed by atoms with Crippen LogP contribution >= 0.6 is 0 Å². The van der Waals surface area contributed by atoms with Crippen molar-refractivity contribution in [3.63, 3.8) is 0 Å². The number of nitrogens with one attached hydrogen (secondary N) is 1. The number of hydrogen-bond acceptors (Lipinski definition) is 5. The van der Waals surface area contributed by atoms with Crippen LogP contribution in [0.3, 0.4) is 0 Å². The number of aryl methyl sites for hydroxylation is 1. The smallest absolute Gasteiger partial charge is 0.306 e. The normalized spacial score (nSPS) is 24.1. The number of nitro benzene ring substituents is 1. The van der Waals surface area contributed by atoms with E-state index in [4.69, 9.17) is 4.74 Å². The van der Waals surface area contributed by atoms with Crippen LogP contribution in [0.4, 0.5) is 11.4 Å². The first-order valence-corrected chi connectivity index (χ1v) is 8.63. The van der Waals surface area contributed by atoms with E-state index in [1.807, 2.05) is 0 Å². The van der Waals surface area contributed by atoms with Gasteiger partial charge in [0, 0.05) is 18.6 Å². The van der Waals surface area contributed by atoms with Gasteiger partial charge in [0.05, 0.1) is 10.6 Å². The van der Waals surface area contributed by atoms with Gasteiger partial charge in [-0.15, -0.1) is 0 Å². The maximum Gasteiger partial charge on any atom is 0.306 e. The minimum absolute atomic E-state index is 0.103. The van der Waals surface area contributed by atoms with Crippen LogP contribution < -0.4 is 5.32 Å². The molecule has 0 spiro atoms. The molecule has 2 bridgehead atoms. The number of fused-ring (bicyclic) bond motifs is 2. The first kappa shape index (κ1) is 17.4. The lowest BCUT2D eigenvalue weighted by atomic mass is 9.86. The summed E-state index contributed by atoms with van der Waals surface area (Å²) in [4.78, 5) is 34.2. The molecule has 1 aromatic carbocycles. The van der Waals surface area contributed by atoms with E-state index in [-0.39, 0.29) is 18.3 Å². The van der Waals surface area contributed by atoms with Crippen LogP contribution in [0.2, 0.25) is 0 Å². The van der Waals surface area contributed by atoms with Crippen LogP contribution in [0.1, 0.15) is 37.7 Å². The molecule has 0 heterocycles. The number of benzene rings is 1. The zero-order valence-electron chi connectivity index (χ0n) is 14.2. The molecule has 25 heavy (non-hydrogen) atoms. The molecule has 3 atom stereocenters. The summed E-state index contributed by atoms with van der Waals surface area (Å²) < 4.78 is 5.08. The molecule has 7 nitrogen and oxygen atoms in total. The fourth-order valence-electron chi connectivity index (χ4n) is 4.09. The van der Waals surface area contributed by atoms with E-state index >= 15 is 0 Å². The highest BCUT2D eigenvalue weighted by atomic mass is 16.6. The highest BCUT2D eigenvalue weighted by Gasteiger charge is 2.40. The Kier molecular flexibility index (Phi) is 5.01. The zero-order valence-corrected chi connectivity index (χ0v) is 14.2. The Balaban J connectivity index is 1.47. The molecule has 0 aromatic heterocycles. The number of carbonyl (C=O) groups excluding carboxylic acids is 2. The summed E-state index contributed by atoms with van der Waals surface area (Å²) in [6.07, 6.45) is 5.18. The Morgan fingerprint density at radius 3 is 2.76 bits per heavy atom. The van der Waals surface area contributed by atoms with E-state index in [9.17, 15) is 19.7 Å². The Morgan fingerprint density at radius 2 is 2.12 bits per heavy atom. The van der Waals surface area contributed by atoms with Gasteiger partial charge in [-0.2, -0.15) is 0 Å². The van der Waals surface area contributed by atoms with Gasteiger partial charge in [0.15, 0.2) is 6.61 Å². The molecular formula is C18H22N2O5.